The first-order chi connectivity index (χ1) is 30.8. The number of carbonyl (C=O) groups is 4. The Labute approximate surface area is 373 Å². The van der Waals surface area contributed by atoms with E-state index >= 15 is 0 Å². The lowest BCUT2D eigenvalue weighted by molar-refractivity contribution is -0.227. The summed E-state index contributed by atoms with van der Waals surface area (Å²) in [6.07, 6.45) is -7.48. The van der Waals surface area contributed by atoms with Crippen molar-refractivity contribution in [1.82, 2.24) is 4.57 Å². The van der Waals surface area contributed by atoms with Gasteiger partial charge in [-0.2, -0.15) is 0 Å². The first-order valence-corrected chi connectivity index (χ1v) is 22.1. The molecule has 1 saturated heterocycles. The van der Waals surface area contributed by atoms with Gasteiger partial charge in [-0.3, -0.25) is 4.57 Å². The monoisotopic (exact) mass is 897 g/mol. The van der Waals surface area contributed by atoms with Gasteiger partial charge >= 0.3 is 23.9 Å². The largest absolute Gasteiger partial charge is 0.459 e. The Morgan fingerprint density at radius 3 is 1.52 bits per heavy atom. The van der Waals surface area contributed by atoms with Gasteiger partial charge in [-0.25, -0.2) is 29.2 Å². The van der Waals surface area contributed by atoms with E-state index in [1.54, 1.807) is 144 Å². The highest BCUT2D eigenvalue weighted by atomic mass is 35.5. The first kappa shape index (κ1) is 42.7. The molecule has 0 bridgehead atoms. The van der Waals surface area contributed by atoms with Crippen LogP contribution in [0, 0.1) is 0 Å². The lowest BCUT2D eigenvalue weighted by atomic mass is 9.97. The van der Waals surface area contributed by atoms with E-state index in [1.807, 2.05) is 36.4 Å². The molecule has 63 heavy (non-hydrogen) atoms. The van der Waals surface area contributed by atoms with Crippen molar-refractivity contribution in [2.24, 2.45) is 9.98 Å². The molecule has 7 aromatic rings. The summed E-state index contributed by atoms with van der Waals surface area (Å²) < 4.78 is 33.0. The van der Waals surface area contributed by atoms with Crippen LogP contribution in [0.5, 0.6) is 0 Å². The third kappa shape index (κ3) is 10.6. The second-order valence-electron chi connectivity index (χ2n) is 13.9. The van der Waals surface area contributed by atoms with Crippen molar-refractivity contribution in [3.8, 4) is 5.69 Å². The molecular formula is C48H36ClN3O9S2. The van der Waals surface area contributed by atoms with Crippen LogP contribution < -0.4 is 9.60 Å². The summed E-state index contributed by atoms with van der Waals surface area (Å²) in [4.78, 5) is 66.4. The van der Waals surface area contributed by atoms with E-state index in [0.29, 0.717) is 26.0 Å². The van der Waals surface area contributed by atoms with E-state index in [-0.39, 0.29) is 22.3 Å². The highest BCUT2D eigenvalue weighted by Gasteiger charge is 2.53. The molecule has 2 heterocycles. The van der Waals surface area contributed by atoms with Crippen molar-refractivity contribution in [2.45, 2.75) is 30.6 Å². The van der Waals surface area contributed by atoms with E-state index in [4.69, 9.17) is 45.3 Å². The van der Waals surface area contributed by atoms with Crippen LogP contribution in [-0.4, -0.2) is 65.7 Å². The van der Waals surface area contributed by atoms with E-state index in [2.05, 4.69) is 0 Å². The molecule has 5 atom stereocenters. The highest BCUT2D eigenvalue weighted by Crippen LogP contribution is 2.32. The van der Waals surface area contributed by atoms with Gasteiger partial charge in [0.05, 0.1) is 33.6 Å². The van der Waals surface area contributed by atoms with Gasteiger partial charge in [0.25, 0.3) is 0 Å². The average molecular weight is 898 g/mol. The Hall–Kier alpha value is -6.97. The number of nitrogens with zero attached hydrogens (tertiary/aromatic N) is 3. The number of ether oxygens (including phenoxy) is 5. The number of carbonyl (C=O) groups excluding carboxylic acids is 4. The van der Waals surface area contributed by atoms with Crippen LogP contribution in [-0.2, 0) is 23.7 Å². The Kier molecular flexibility index (Phi) is 13.7. The molecular weight excluding hydrogens is 862 g/mol. The zero-order valence-electron chi connectivity index (χ0n) is 33.0. The first-order valence-electron chi connectivity index (χ1n) is 19.6. The second kappa shape index (κ2) is 20.3. The van der Waals surface area contributed by atoms with Gasteiger partial charge in [0.15, 0.2) is 24.5 Å². The van der Waals surface area contributed by atoms with Crippen LogP contribution in [0.3, 0.4) is 0 Å². The summed E-state index contributed by atoms with van der Waals surface area (Å²) >= 11 is 6.52. The van der Waals surface area contributed by atoms with Crippen LogP contribution in [0.4, 0.5) is 5.69 Å². The number of esters is 4. The maximum absolute atomic E-state index is 14.1. The minimum Gasteiger partial charge on any atom is -0.459 e. The summed E-state index contributed by atoms with van der Waals surface area (Å²) in [7, 11) is 2.56. The number of hydrogen-bond acceptors (Lipinski definition) is 13. The van der Waals surface area contributed by atoms with Gasteiger partial charge in [-0.15, -0.1) is 0 Å². The molecule has 0 spiro atoms. The zero-order chi connectivity index (χ0) is 43.5. The molecule has 1 fully saturated rings. The lowest BCUT2D eigenvalue weighted by Gasteiger charge is -2.43. The van der Waals surface area contributed by atoms with Crippen LogP contribution in [0.15, 0.2) is 186 Å². The topological polar surface area (TPSA) is 144 Å². The fourth-order valence-electron chi connectivity index (χ4n) is 6.58. The minimum atomic E-state index is -1.59. The van der Waals surface area contributed by atoms with E-state index < -0.39 is 61.1 Å². The maximum atomic E-state index is 14.1. The van der Waals surface area contributed by atoms with Crippen LogP contribution in [0.25, 0.3) is 5.69 Å². The Morgan fingerprint density at radius 2 is 1.00 bits per heavy atom. The molecule has 12 nitrogen and oxygen atoms in total. The zero-order valence-corrected chi connectivity index (χ0v) is 35.4. The molecule has 1 aliphatic rings. The number of para-hydroxylation sites is 1. The number of rotatable bonds is 12. The Balaban J connectivity index is 1.30. The predicted octanol–water partition coefficient (Wildman–Crippen LogP) is 8.65. The summed E-state index contributed by atoms with van der Waals surface area (Å²) in [5, 5.41) is 0.452. The van der Waals surface area contributed by atoms with E-state index in [0.717, 1.165) is 0 Å². The van der Waals surface area contributed by atoms with Crippen molar-refractivity contribution >= 4 is 61.8 Å². The van der Waals surface area contributed by atoms with Gasteiger partial charge in [0.2, 0.25) is 9.60 Å². The molecule has 0 amide bonds. The Morgan fingerprint density at radius 1 is 0.540 bits per heavy atom. The lowest BCUT2D eigenvalue weighted by Crippen LogP contribution is -2.62. The normalized spacial score (nSPS) is 18.8. The van der Waals surface area contributed by atoms with Gasteiger partial charge in [-0.1, -0.05) is 109 Å². The van der Waals surface area contributed by atoms with Gasteiger partial charge in [-0.05, 0) is 99.5 Å². The van der Waals surface area contributed by atoms with Gasteiger partial charge in [0.1, 0.15) is 12.7 Å². The maximum Gasteiger partial charge on any atom is 0.338 e. The molecule has 0 radical (unpaired) electrons. The third-order valence-electron chi connectivity index (χ3n) is 9.61. The number of halogens is 1. The quantitative estimate of drug-likeness (QED) is 0.0669. The fraction of sp³-hybridized carbons (Fsp3) is 0.125. The van der Waals surface area contributed by atoms with Crippen molar-refractivity contribution in [2.75, 3.05) is 6.61 Å². The van der Waals surface area contributed by atoms with Gasteiger partial charge < -0.3 is 23.7 Å². The molecule has 1 aliphatic heterocycles. The van der Waals surface area contributed by atoms with Crippen LogP contribution in [0.2, 0.25) is 5.02 Å². The number of hydrogen-bond donors (Lipinski definition) is 0. The molecule has 0 saturated carbocycles. The number of aromatic nitrogens is 1. The summed E-state index contributed by atoms with van der Waals surface area (Å²) in [6.45, 7) is -0.499. The van der Waals surface area contributed by atoms with Crippen molar-refractivity contribution in [3.05, 3.63) is 213 Å². The van der Waals surface area contributed by atoms with E-state index in [9.17, 15) is 19.2 Å². The van der Waals surface area contributed by atoms with Crippen molar-refractivity contribution in [1.29, 1.82) is 0 Å². The molecule has 15 heteroatoms. The van der Waals surface area contributed by atoms with Crippen molar-refractivity contribution in [3.63, 3.8) is 0 Å². The molecule has 0 unspecified atom stereocenters. The highest BCUT2D eigenvalue weighted by molar-refractivity contribution is 7.67. The van der Waals surface area contributed by atoms with Crippen LogP contribution >= 0.6 is 32.3 Å². The second-order valence-corrected chi connectivity index (χ2v) is 16.4. The average Bonchev–Trinajstić information content (AvgIpc) is 3.72. The standard InChI is InChI=1S/C48H36ClN3O9S2/c49-35-25-16-28-37(29-35)52-47(50-36-26-14-5-15-27-36)62-63-48(52)51-42-41(61-46(56)34-23-12-4-13-24-34)40(60-45(55)33-21-10-3-11-22-33)39(59-44(54)32-19-8-2-9-20-32)38(58-42)30-57-43(53)31-17-6-1-7-18-31/h1-29,38-42H,30H2/b50-47?,51-48-/t38-,39-,40+,41-,42-/m1/s1. The molecule has 1 aromatic heterocycles. The smallest absolute Gasteiger partial charge is 0.338 e. The van der Waals surface area contributed by atoms with Gasteiger partial charge in [0, 0.05) is 5.02 Å². The molecule has 316 valence electrons. The predicted molar refractivity (Wildman–Crippen MR) is 236 cm³/mol. The van der Waals surface area contributed by atoms with Crippen molar-refractivity contribution < 1.29 is 42.9 Å². The summed E-state index contributed by atoms with van der Waals surface area (Å²) in [5.74, 6) is -3.12. The van der Waals surface area contributed by atoms with Crippen LogP contribution in [0.1, 0.15) is 41.4 Å². The summed E-state index contributed by atoms with van der Waals surface area (Å²) in [6, 6.07) is 49.3. The minimum absolute atomic E-state index is 0.164. The summed E-state index contributed by atoms with van der Waals surface area (Å²) in [5.41, 5.74) is 2.05. The SMILES string of the molecule is O=C(OC[C@H]1O[C@@H](/N=c2\ssc(=Nc3ccccc3)n2-c2cccc(Cl)c2)[C@H](OC(=O)c2ccccc2)[C@@H](OC(=O)c2ccccc2)[C@@H]1OC(=O)c1ccccc1)c1ccccc1. The number of benzene rings is 6. The molecule has 6 aromatic carbocycles. The molecule has 8 rings (SSSR count). The fourth-order valence-corrected chi connectivity index (χ4v) is 8.93. The Bertz CT molecular complexity index is 2820. The third-order valence-corrected chi connectivity index (χ3v) is 11.9. The van der Waals surface area contributed by atoms with E-state index in [1.165, 1.54) is 20.7 Å². The molecule has 0 N–H and O–H groups in total. The molecule has 0 aliphatic carbocycles.